The van der Waals surface area contributed by atoms with Gasteiger partial charge in [0.15, 0.2) is 0 Å². The predicted molar refractivity (Wildman–Crippen MR) is 138 cm³/mol. The van der Waals surface area contributed by atoms with Gasteiger partial charge in [0.05, 0.1) is 11.0 Å². The Morgan fingerprint density at radius 1 is 1.11 bits per heavy atom. The lowest BCUT2D eigenvalue weighted by Crippen LogP contribution is -2.36. The van der Waals surface area contributed by atoms with Crippen LogP contribution >= 0.6 is 0 Å². The van der Waals surface area contributed by atoms with Crippen molar-refractivity contribution < 1.29 is 9.59 Å². The van der Waals surface area contributed by atoms with Crippen LogP contribution < -0.4 is 16.3 Å². The van der Waals surface area contributed by atoms with Crippen molar-refractivity contribution in [2.24, 2.45) is 18.9 Å². The molecule has 35 heavy (non-hydrogen) atoms. The maximum Gasteiger partial charge on any atom is 0.329 e. The summed E-state index contributed by atoms with van der Waals surface area (Å²) in [4.78, 5) is 39.0. The number of rotatable bonds is 10. The van der Waals surface area contributed by atoms with Crippen LogP contribution in [0.15, 0.2) is 23.0 Å². The monoisotopic (exact) mass is 483 g/mol. The Morgan fingerprint density at radius 2 is 1.80 bits per heavy atom. The molecule has 2 aliphatic rings. The average Bonchev–Trinajstić information content (AvgIpc) is 3.13. The summed E-state index contributed by atoms with van der Waals surface area (Å²) >= 11 is 0. The molecule has 1 atom stereocenters. The number of nitrogens with one attached hydrogen (secondary N) is 2. The Hall–Kier alpha value is -2.45. The van der Waals surface area contributed by atoms with E-state index in [1.165, 1.54) is 61.7 Å². The van der Waals surface area contributed by atoms with Gasteiger partial charge in [-0.15, -0.1) is 0 Å². The molecule has 2 aliphatic heterocycles. The van der Waals surface area contributed by atoms with Gasteiger partial charge < -0.3 is 15.4 Å². The molecule has 0 radical (unpaired) electrons. The number of fused-ring (bicyclic) bond motifs is 1. The summed E-state index contributed by atoms with van der Waals surface area (Å²) in [6.07, 6.45) is 9.30. The number of hydrogen-bond donors (Lipinski definition) is 2. The number of nitrogens with zero attached hydrogens (tertiary/aromatic N) is 3. The van der Waals surface area contributed by atoms with E-state index in [9.17, 15) is 14.4 Å². The molecule has 2 N–H and O–H groups in total. The number of likely N-dealkylation sites (N-methyl/N-ethyl adjacent to an activating group) is 1. The molecule has 1 unspecified atom stereocenters. The van der Waals surface area contributed by atoms with E-state index in [4.69, 9.17) is 0 Å². The number of carbonyl (C=O) groups excluding carboxylic acids is 2. The summed E-state index contributed by atoms with van der Waals surface area (Å²) in [7, 11) is 3.31. The highest BCUT2D eigenvalue weighted by Crippen LogP contribution is 2.28. The van der Waals surface area contributed by atoms with Crippen LogP contribution in [-0.4, -0.2) is 59.5 Å². The van der Waals surface area contributed by atoms with Crippen LogP contribution in [0.5, 0.6) is 0 Å². The molecule has 0 spiro atoms. The third-order valence-electron chi connectivity index (χ3n) is 8.13. The van der Waals surface area contributed by atoms with Gasteiger partial charge in [-0.25, -0.2) is 4.79 Å². The standard InChI is InChI=1S/C27H41N5O3/c1-28-26(34)24(4-3-17-33)32-23-8-7-22(18-25(23)30(2)27(32)35)19-31-15-11-21(12-16-31)6-5-20-9-13-29-14-10-20/h7-8,17-18,20-21,24,29H,3-6,9-16,19H2,1-2H3,(H,28,34). The first-order valence-electron chi connectivity index (χ1n) is 13.3. The van der Waals surface area contributed by atoms with Crippen LogP contribution in [0.3, 0.4) is 0 Å². The summed E-state index contributed by atoms with van der Waals surface area (Å²) < 4.78 is 3.15. The first kappa shape index (κ1) is 25.6. The van der Waals surface area contributed by atoms with Gasteiger partial charge in [-0.2, -0.15) is 0 Å². The van der Waals surface area contributed by atoms with Crippen molar-refractivity contribution in [3.8, 4) is 0 Å². The number of aryl methyl sites for hydroxylation is 1. The van der Waals surface area contributed by atoms with Crippen LogP contribution in [0.25, 0.3) is 11.0 Å². The Bertz CT molecular complexity index is 1060. The zero-order valence-corrected chi connectivity index (χ0v) is 21.3. The van der Waals surface area contributed by atoms with E-state index in [0.29, 0.717) is 6.42 Å². The molecular weight excluding hydrogens is 442 g/mol. The van der Waals surface area contributed by atoms with E-state index in [1.807, 2.05) is 6.07 Å². The highest BCUT2D eigenvalue weighted by Gasteiger charge is 2.26. The Balaban J connectivity index is 1.40. The molecule has 1 aromatic heterocycles. The summed E-state index contributed by atoms with van der Waals surface area (Å²) in [6, 6.07) is 5.41. The zero-order chi connectivity index (χ0) is 24.8. The van der Waals surface area contributed by atoms with E-state index in [-0.39, 0.29) is 18.0 Å². The molecule has 0 bridgehead atoms. The lowest BCUT2D eigenvalue weighted by atomic mass is 9.85. The molecule has 8 nitrogen and oxygen atoms in total. The topological polar surface area (TPSA) is 88.4 Å². The maximum absolute atomic E-state index is 13.1. The van der Waals surface area contributed by atoms with Gasteiger partial charge in [0.1, 0.15) is 12.3 Å². The van der Waals surface area contributed by atoms with Crippen LogP contribution in [0, 0.1) is 11.8 Å². The normalized spacial score (nSPS) is 19.1. The summed E-state index contributed by atoms with van der Waals surface area (Å²) in [5.74, 6) is 1.52. The lowest BCUT2D eigenvalue weighted by molar-refractivity contribution is -0.124. The van der Waals surface area contributed by atoms with Gasteiger partial charge in [-0.1, -0.05) is 18.9 Å². The fourth-order valence-electron chi connectivity index (χ4n) is 5.91. The first-order chi connectivity index (χ1) is 17.0. The third kappa shape index (κ3) is 6.04. The Morgan fingerprint density at radius 3 is 2.46 bits per heavy atom. The molecule has 2 fully saturated rings. The molecule has 2 aromatic rings. The number of aromatic nitrogens is 2. The molecule has 1 aromatic carbocycles. The van der Waals surface area contributed by atoms with Crippen LogP contribution in [0.2, 0.25) is 0 Å². The Kier molecular flexibility index (Phi) is 8.78. The highest BCUT2D eigenvalue weighted by atomic mass is 16.2. The van der Waals surface area contributed by atoms with Crippen molar-refractivity contribution >= 4 is 23.2 Å². The van der Waals surface area contributed by atoms with Gasteiger partial charge in [0, 0.05) is 27.1 Å². The molecule has 0 saturated carbocycles. The minimum Gasteiger partial charge on any atom is -0.357 e. The number of benzene rings is 1. The van der Waals surface area contributed by atoms with Gasteiger partial charge in [0.25, 0.3) is 0 Å². The van der Waals surface area contributed by atoms with Gasteiger partial charge >= 0.3 is 5.69 Å². The van der Waals surface area contributed by atoms with Crippen molar-refractivity contribution in [3.63, 3.8) is 0 Å². The summed E-state index contributed by atoms with van der Waals surface area (Å²) in [5.41, 5.74) is 2.51. The fourth-order valence-corrected chi connectivity index (χ4v) is 5.91. The molecule has 192 valence electrons. The molecule has 3 heterocycles. The van der Waals surface area contributed by atoms with Gasteiger partial charge in [0.2, 0.25) is 5.91 Å². The number of likely N-dealkylation sites (tertiary alicyclic amines) is 1. The zero-order valence-electron chi connectivity index (χ0n) is 21.3. The lowest BCUT2D eigenvalue weighted by Gasteiger charge is -2.33. The minimum absolute atomic E-state index is 0.229. The second-order valence-electron chi connectivity index (χ2n) is 10.4. The minimum atomic E-state index is -0.698. The van der Waals surface area contributed by atoms with E-state index in [0.717, 1.165) is 48.8 Å². The van der Waals surface area contributed by atoms with E-state index >= 15 is 0 Å². The average molecular weight is 484 g/mol. The second-order valence-corrected chi connectivity index (χ2v) is 10.4. The van der Waals surface area contributed by atoms with Crippen molar-refractivity contribution in [1.82, 2.24) is 24.7 Å². The molecule has 8 heteroatoms. The van der Waals surface area contributed by atoms with Crippen molar-refractivity contribution in [1.29, 1.82) is 0 Å². The number of hydrogen-bond acceptors (Lipinski definition) is 5. The van der Waals surface area contributed by atoms with E-state index in [2.05, 4.69) is 27.7 Å². The van der Waals surface area contributed by atoms with E-state index in [1.54, 1.807) is 18.7 Å². The Labute approximate surface area is 208 Å². The maximum atomic E-state index is 13.1. The van der Waals surface area contributed by atoms with Gasteiger partial charge in [-0.05, 0) is 87.8 Å². The van der Waals surface area contributed by atoms with Crippen LogP contribution in [-0.2, 0) is 23.2 Å². The van der Waals surface area contributed by atoms with Crippen molar-refractivity contribution in [2.75, 3.05) is 33.2 Å². The summed E-state index contributed by atoms with van der Waals surface area (Å²) in [5, 5.41) is 6.10. The SMILES string of the molecule is CNC(=O)C(CCC=O)n1c(=O)n(C)c2cc(CN3CCC(CCC4CCNCC4)CC3)ccc21. The van der Waals surface area contributed by atoms with Crippen LogP contribution in [0.4, 0.5) is 0 Å². The van der Waals surface area contributed by atoms with Gasteiger partial charge in [-0.3, -0.25) is 18.8 Å². The number of aldehydes is 1. The second kappa shape index (κ2) is 12.0. The van der Waals surface area contributed by atoms with Crippen molar-refractivity contribution in [3.05, 3.63) is 34.2 Å². The highest BCUT2D eigenvalue weighted by molar-refractivity contribution is 5.84. The first-order valence-corrected chi connectivity index (χ1v) is 13.3. The van der Waals surface area contributed by atoms with Crippen molar-refractivity contribution in [2.45, 2.75) is 64.0 Å². The number of piperidine rings is 2. The number of carbonyl (C=O) groups is 2. The number of amides is 1. The quantitative estimate of drug-likeness (QED) is 0.507. The molecule has 0 aliphatic carbocycles. The molecular formula is C27H41N5O3. The largest absolute Gasteiger partial charge is 0.357 e. The summed E-state index contributed by atoms with van der Waals surface area (Å²) in [6.45, 7) is 5.50. The van der Waals surface area contributed by atoms with E-state index < -0.39 is 6.04 Å². The third-order valence-corrected chi connectivity index (χ3v) is 8.13. The van der Waals surface area contributed by atoms with Crippen LogP contribution in [0.1, 0.15) is 63.0 Å². The number of imidazole rings is 1. The molecule has 4 rings (SSSR count). The predicted octanol–water partition coefficient (Wildman–Crippen LogP) is 2.60. The molecule has 1 amide bonds. The smallest absolute Gasteiger partial charge is 0.329 e. The molecule has 2 saturated heterocycles. The fraction of sp³-hybridized carbons (Fsp3) is 0.667.